The van der Waals surface area contributed by atoms with Crippen molar-refractivity contribution < 1.29 is 22.7 Å². The van der Waals surface area contributed by atoms with Gasteiger partial charge < -0.3 is 10.1 Å². The van der Waals surface area contributed by atoms with Crippen LogP contribution in [-0.2, 0) is 19.6 Å². The minimum Gasteiger partial charge on any atom is -0.465 e. The van der Waals surface area contributed by atoms with Crippen molar-refractivity contribution in [2.75, 3.05) is 12.4 Å². The first-order chi connectivity index (χ1) is 11.8. The van der Waals surface area contributed by atoms with Crippen LogP contribution in [0.2, 0.25) is 0 Å². The summed E-state index contributed by atoms with van der Waals surface area (Å²) >= 11 is 0. The number of hydrogen-bond acceptors (Lipinski definition) is 5. The number of rotatable bonds is 6. The molecule has 2 aromatic rings. The van der Waals surface area contributed by atoms with Crippen molar-refractivity contribution in [2.24, 2.45) is 0 Å². The summed E-state index contributed by atoms with van der Waals surface area (Å²) in [4.78, 5) is 23.6. The zero-order valence-electron chi connectivity index (χ0n) is 13.7. The van der Waals surface area contributed by atoms with Crippen LogP contribution in [0.25, 0.3) is 0 Å². The summed E-state index contributed by atoms with van der Waals surface area (Å²) in [5.74, 6) is -1.01. The highest BCUT2D eigenvalue weighted by Gasteiger charge is 2.21. The molecule has 0 fully saturated rings. The summed E-state index contributed by atoms with van der Waals surface area (Å²) in [7, 11) is -2.51. The van der Waals surface area contributed by atoms with Gasteiger partial charge in [0.2, 0.25) is 15.9 Å². The third kappa shape index (κ3) is 4.88. The summed E-state index contributed by atoms with van der Waals surface area (Å²) < 4.78 is 31.3. The zero-order chi connectivity index (χ0) is 18.4. The standard InChI is InChI=1S/C17H18N2O5S/c1-12(19-25(22,23)15-6-4-3-5-7-15)16(20)18-14-10-8-13(9-11-14)17(21)24-2/h3-12,19H,1-2H3,(H,18,20). The lowest BCUT2D eigenvalue weighted by Gasteiger charge is -2.14. The Hall–Kier alpha value is -2.71. The van der Waals surface area contributed by atoms with Gasteiger partial charge >= 0.3 is 5.97 Å². The van der Waals surface area contributed by atoms with Gasteiger partial charge in [0.1, 0.15) is 0 Å². The van der Waals surface area contributed by atoms with Gasteiger partial charge in [-0.05, 0) is 43.3 Å². The Morgan fingerprint density at radius 1 is 1.00 bits per heavy atom. The predicted molar refractivity (Wildman–Crippen MR) is 92.6 cm³/mol. The van der Waals surface area contributed by atoms with E-state index in [2.05, 4.69) is 14.8 Å². The first-order valence-electron chi connectivity index (χ1n) is 7.40. The number of esters is 1. The third-order valence-corrected chi connectivity index (χ3v) is 4.91. The number of hydrogen-bond donors (Lipinski definition) is 2. The van der Waals surface area contributed by atoms with Crippen molar-refractivity contribution in [3.8, 4) is 0 Å². The number of sulfonamides is 1. The summed E-state index contributed by atoms with van der Waals surface area (Å²) in [5.41, 5.74) is 0.779. The Morgan fingerprint density at radius 3 is 2.16 bits per heavy atom. The SMILES string of the molecule is COC(=O)c1ccc(NC(=O)C(C)NS(=O)(=O)c2ccccc2)cc1. The summed E-state index contributed by atoms with van der Waals surface area (Å²) in [6, 6.07) is 12.9. The number of benzene rings is 2. The number of carbonyl (C=O) groups excluding carboxylic acids is 2. The van der Waals surface area contributed by atoms with Crippen LogP contribution in [0.15, 0.2) is 59.5 Å². The van der Waals surface area contributed by atoms with Crippen LogP contribution in [-0.4, -0.2) is 33.4 Å². The van der Waals surface area contributed by atoms with E-state index in [1.807, 2.05) is 0 Å². The van der Waals surface area contributed by atoms with E-state index in [9.17, 15) is 18.0 Å². The van der Waals surface area contributed by atoms with E-state index in [0.29, 0.717) is 11.3 Å². The molecule has 1 unspecified atom stereocenters. The number of nitrogens with one attached hydrogen (secondary N) is 2. The highest BCUT2D eigenvalue weighted by atomic mass is 32.2. The second-order valence-corrected chi connectivity index (χ2v) is 6.93. The fourth-order valence-corrected chi connectivity index (χ4v) is 3.24. The van der Waals surface area contributed by atoms with Crippen LogP contribution in [0.5, 0.6) is 0 Å². The molecule has 132 valence electrons. The van der Waals surface area contributed by atoms with Crippen molar-refractivity contribution >= 4 is 27.6 Å². The van der Waals surface area contributed by atoms with E-state index in [0.717, 1.165) is 0 Å². The minimum absolute atomic E-state index is 0.0806. The highest BCUT2D eigenvalue weighted by molar-refractivity contribution is 7.89. The molecule has 7 nitrogen and oxygen atoms in total. The number of ether oxygens (including phenoxy) is 1. The Balaban J connectivity index is 2.02. The Bertz CT molecular complexity index is 848. The van der Waals surface area contributed by atoms with Crippen LogP contribution in [0, 0.1) is 0 Å². The number of methoxy groups -OCH3 is 1. The monoisotopic (exact) mass is 362 g/mol. The molecule has 0 saturated heterocycles. The summed E-state index contributed by atoms with van der Waals surface area (Å²) in [6.07, 6.45) is 0. The van der Waals surface area contributed by atoms with Crippen molar-refractivity contribution in [2.45, 2.75) is 17.9 Å². The minimum atomic E-state index is -3.79. The van der Waals surface area contributed by atoms with E-state index in [1.54, 1.807) is 18.2 Å². The molecule has 2 N–H and O–H groups in total. The van der Waals surface area contributed by atoms with Crippen molar-refractivity contribution in [1.29, 1.82) is 0 Å². The summed E-state index contributed by atoms with van der Waals surface area (Å²) in [6.45, 7) is 1.44. The normalized spacial score (nSPS) is 12.2. The molecular weight excluding hydrogens is 344 g/mol. The molecule has 0 radical (unpaired) electrons. The Morgan fingerprint density at radius 2 is 1.60 bits per heavy atom. The van der Waals surface area contributed by atoms with Gasteiger partial charge in [0, 0.05) is 5.69 Å². The topological polar surface area (TPSA) is 102 Å². The van der Waals surface area contributed by atoms with Gasteiger partial charge in [-0.3, -0.25) is 4.79 Å². The molecule has 0 spiro atoms. The molecule has 8 heteroatoms. The third-order valence-electron chi connectivity index (χ3n) is 3.35. The van der Waals surface area contributed by atoms with Gasteiger partial charge in [-0.25, -0.2) is 13.2 Å². The molecular formula is C17H18N2O5S. The van der Waals surface area contributed by atoms with Crippen LogP contribution in [0.4, 0.5) is 5.69 Å². The molecule has 1 amide bonds. The van der Waals surface area contributed by atoms with E-state index in [-0.39, 0.29) is 4.90 Å². The lowest BCUT2D eigenvalue weighted by Crippen LogP contribution is -2.41. The van der Waals surface area contributed by atoms with E-state index < -0.39 is 27.9 Å². The molecule has 0 aliphatic heterocycles. The number of carbonyl (C=O) groups is 2. The van der Waals surface area contributed by atoms with Crippen LogP contribution >= 0.6 is 0 Å². The molecule has 0 aromatic heterocycles. The number of amides is 1. The van der Waals surface area contributed by atoms with Crippen molar-refractivity contribution in [3.63, 3.8) is 0 Å². The molecule has 0 aliphatic carbocycles. The van der Waals surface area contributed by atoms with Crippen molar-refractivity contribution in [1.82, 2.24) is 4.72 Å². The Kier molecular flexibility index (Phi) is 5.89. The molecule has 1 atom stereocenters. The van der Waals surface area contributed by atoms with Gasteiger partial charge in [-0.1, -0.05) is 18.2 Å². The second-order valence-electron chi connectivity index (χ2n) is 5.21. The van der Waals surface area contributed by atoms with Gasteiger partial charge in [-0.2, -0.15) is 4.72 Å². The molecule has 0 saturated carbocycles. The zero-order valence-corrected chi connectivity index (χ0v) is 14.5. The maximum atomic E-state index is 12.2. The highest BCUT2D eigenvalue weighted by Crippen LogP contribution is 2.12. The summed E-state index contributed by atoms with van der Waals surface area (Å²) in [5, 5.41) is 2.58. The molecule has 0 heterocycles. The fraction of sp³-hybridized carbons (Fsp3) is 0.176. The van der Waals surface area contributed by atoms with Crippen LogP contribution in [0.1, 0.15) is 17.3 Å². The lowest BCUT2D eigenvalue weighted by molar-refractivity contribution is -0.117. The molecule has 2 rings (SSSR count). The van der Waals surface area contributed by atoms with Crippen molar-refractivity contribution in [3.05, 3.63) is 60.2 Å². The van der Waals surface area contributed by atoms with Crippen LogP contribution in [0.3, 0.4) is 0 Å². The van der Waals surface area contributed by atoms with Gasteiger partial charge in [0.15, 0.2) is 0 Å². The van der Waals surface area contributed by atoms with Gasteiger partial charge in [0.25, 0.3) is 0 Å². The maximum absolute atomic E-state index is 12.2. The van der Waals surface area contributed by atoms with Gasteiger partial charge in [-0.15, -0.1) is 0 Å². The average Bonchev–Trinajstić information content (AvgIpc) is 2.62. The maximum Gasteiger partial charge on any atom is 0.337 e. The smallest absolute Gasteiger partial charge is 0.337 e. The first kappa shape index (κ1) is 18.6. The lowest BCUT2D eigenvalue weighted by atomic mass is 10.2. The quantitative estimate of drug-likeness (QED) is 0.763. The van der Waals surface area contributed by atoms with Gasteiger partial charge in [0.05, 0.1) is 23.6 Å². The predicted octanol–water partition coefficient (Wildman–Crippen LogP) is 1.78. The molecule has 0 bridgehead atoms. The first-order valence-corrected chi connectivity index (χ1v) is 8.88. The van der Waals surface area contributed by atoms with E-state index in [4.69, 9.17) is 0 Å². The van der Waals surface area contributed by atoms with E-state index in [1.165, 1.54) is 50.4 Å². The largest absolute Gasteiger partial charge is 0.465 e. The fourth-order valence-electron chi connectivity index (χ4n) is 2.01. The molecule has 25 heavy (non-hydrogen) atoms. The second kappa shape index (κ2) is 7.91. The van der Waals surface area contributed by atoms with Crippen LogP contribution < -0.4 is 10.0 Å². The van der Waals surface area contributed by atoms with E-state index >= 15 is 0 Å². The average molecular weight is 362 g/mol. The molecule has 2 aromatic carbocycles. The molecule has 0 aliphatic rings. The Labute approximate surface area is 146 Å². The number of anilines is 1.